The number of aryl methyl sites for hydroxylation is 1. The molecule has 0 saturated carbocycles. The molecule has 8 nitrogen and oxygen atoms in total. The first kappa shape index (κ1) is 12.9. The Morgan fingerprint density at radius 3 is 2.59 bits per heavy atom. The van der Waals surface area contributed by atoms with E-state index in [0.29, 0.717) is 5.78 Å². The predicted octanol–water partition coefficient (Wildman–Crippen LogP) is 0.549. The van der Waals surface area contributed by atoms with E-state index in [9.17, 15) is 0 Å². The summed E-state index contributed by atoms with van der Waals surface area (Å²) in [7, 11) is 0. The second-order valence-corrected chi connectivity index (χ2v) is 5.27. The Bertz CT molecular complexity index is 776. The van der Waals surface area contributed by atoms with Crippen molar-refractivity contribution in [2.24, 2.45) is 0 Å². The van der Waals surface area contributed by atoms with Gasteiger partial charge in [-0.25, -0.2) is 9.97 Å². The van der Waals surface area contributed by atoms with Crippen LogP contribution in [0.3, 0.4) is 0 Å². The number of anilines is 2. The zero-order chi connectivity index (χ0) is 14.9. The maximum atomic E-state index is 4.39. The Morgan fingerprint density at radius 1 is 1.00 bits per heavy atom. The maximum Gasteiger partial charge on any atom is 0.254 e. The van der Waals surface area contributed by atoms with Crippen molar-refractivity contribution in [3.8, 4) is 0 Å². The average Bonchev–Trinajstić information content (AvgIpc) is 3.03. The van der Waals surface area contributed by atoms with Crippen molar-refractivity contribution in [2.45, 2.75) is 6.92 Å². The van der Waals surface area contributed by atoms with Crippen LogP contribution in [0.2, 0.25) is 0 Å². The van der Waals surface area contributed by atoms with Gasteiger partial charge in [-0.15, -0.1) is 0 Å². The van der Waals surface area contributed by atoms with E-state index in [2.05, 4.69) is 40.9 Å². The quantitative estimate of drug-likeness (QED) is 0.683. The van der Waals surface area contributed by atoms with E-state index >= 15 is 0 Å². The van der Waals surface area contributed by atoms with Gasteiger partial charge >= 0.3 is 0 Å². The predicted molar refractivity (Wildman–Crippen MR) is 82.0 cm³/mol. The molecule has 4 rings (SSSR count). The normalized spacial score (nSPS) is 15.5. The Hall–Kier alpha value is -2.77. The number of fused-ring (bicyclic) bond motifs is 1. The van der Waals surface area contributed by atoms with Crippen LogP contribution in [-0.4, -0.2) is 55.7 Å². The molecule has 0 radical (unpaired) electrons. The van der Waals surface area contributed by atoms with Crippen LogP contribution in [0, 0.1) is 6.92 Å². The van der Waals surface area contributed by atoms with Crippen LogP contribution < -0.4 is 9.80 Å². The molecule has 0 spiro atoms. The van der Waals surface area contributed by atoms with E-state index in [1.807, 2.05) is 13.1 Å². The summed E-state index contributed by atoms with van der Waals surface area (Å²) in [6, 6.07) is 2.06. The van der Waals surface area contributed by atoms with Crippen LogP contribution in [0.1, 0.15) is 5.69 Å². The number of hydrogen-bond donors (Lipinski definition) is 0. The van der Waals surface area contributed by atoms with Crippen molar-refractivity contribution in [3.05, 3.63) is 36.7 Å². The van der Waals surface area contributed by atoms with Crippen LogP contribution in [0.15, 0.2) is 31.0 Å². The summed E-state index contributed by atoms with van der Waals surface area (Å²) in [6.07, 6.45) is 6.77. The Balaban J connectivity index is 1.57. The van der Waals surface area contributed by atoms with Gasteiger partial charge in [0, 0.05) is 50.3 Å². The second kappa shape index (κ2) is 5.21. The van der Waals surface area contributed by atoms with E-state index in [0.717, 1.165) is 43.5 Å². The summed E-state index contributed by atoms with van der Waals surface area (Å²) in [5.41, 5.74) is 0.951. The maximum absolute atomic E-state index is 4.39. The SMILES string of the molecule is Cc1cc(N2CCN(c3cnccn3)CC2)n2ncnc2n1. The third-order valence-corrected chi connectivity index (χ3v) is 3.84. The minimum absolute atomic E-state index is 0.645. The highest BCUT2D eigenvalue weighted by atomic mass is 15.4. The molecule has 1 fully saturated rings. The van der Waals surface area contributed by atoms with Gasteiger partial charge < -0.3 is 9.80 Å². The molecule has 4 heterocycles. The molecule has 1 saturated heterocycles. The first-order chi connectivity index (χ1) is 10.8. The molecule has 0 N–H and O–H groups in total. The van der Waals surface area contributed by atoms with Crippen molar-refractivity contribution in [1.29, 1.82) is 0 Å². The molecule has 112 valence electrons. The molecule has 22 heavy (non-hydrogen) atoms. The molecule has 0 unspecified atom stereocenters. The third kappa shape index (κ3) is 2.22. The molecule has 0 aliphatic carbocycles. The monoisotopic (exact) mass is 296 g/mol. The number of piperazine rings is 1. The fraction of sp³-hybridized carbons (Fsp3) is 0.357. The Kier molecular flexibility index (Phi) is 3.06. The lowest BCUT2D eigenvalue weighted by Gasteiger charge is -2.36. The fourth-order valence-electron chi connectivity index (χ4n) is 2.76. The van der Waals surface area contributed by atoms with Gasteiger partial charge in [-0.1, -0.05) is 0 Å². The third-order valence-electron chi connectivity index (χ3n) is 3.84. The smallest absolute Gasteiger partial charge is 0.254 e. The molecule has 8 heteroatoms. The minimum Gasteiger partial charge on any atom is -0.353 e. The van der Waals surface area contributed by atoms with Crippen LogP contribution in [0.5, 0.6) is 0 Å². The lowest BCUT2D eigenvalue weighted by molar-refractivity contribution is 0.632. The highest BCUT2D eigenvalue weighted by Crippen LogP contribution is 2.19. The summed E-state index contributed by atoms with van der Waals surface area (Å²) in [5, 5.41) is 4.28. The standard InChI is InChI=1S/C14H16N8/c1-11-8-13(22-14(19-11)17-10-18-22)21-6-4-20(5-7-21)12-9-15-2-3-16-12/h2-3,8-10H,4-7H2,1H3. The van der Waals surface area contributed by atoms with Gasteiger partial charge in [-0.2, -0.15) is 14.6 Å². The molecule has 0 aromatic carbocycles. The van der Waals surface area contributed by atoms with E-state index in [-0.39, 0.29) is 0 Å². The van der Waals surface area contributed by atoms with Gasteiger partial charge in [0.05, 0.1) is 6.20 Å². The first-order valence-electron chi connectivity index (χ1n) is 7.24. The molecule has 3 aromatic heterocycles. The number of rotatable bonds is 2. The highest BCUT2D eigenvalue weighted by Gasteiger charge is 2.21. The number of aromatic nitrogens is 6. The largest absolute Gasteiger partial charge is 0.353 e. The van der Waals surface area contributed by atoms with Gasteiger partial charge in [0.2, 0.25) is 0 Å². The molecule has 1 aliphatic heterocycles. The molecule has 3 aromatic rings. The summed E-state index contributed by atoms with van der Waals surface area (Å²) in [5.74, 6) is 2.61. The molecule has 0 amide bonds. The molecular weight excluding hydrogens is 280 g/mol. The Labute approximate surface area is 127 Å². The first-order valence-corrected chi connectivity index (χ1v) is 7.24. The number of hydrogen-bond acceptors (Lipinski definition) is 7. The van der Waals surface area contributed by atoms with Gasteiger partial charge in [0.15, 0.2) is 0 Å². The number of nitrogens with zero attached hydrogens (tertiary/aromatic N) is 8. The van der Waals surface area contributed by atoms with E-state index in [1.54, 1.807) is 23.2 Å². The van der Waals surface area contributed by atoms with Gasteiger partial charge in [0.1, 0.15) is 18.0 Å². The summed E-state index contributed by atoms with van der Waals surface area (Å²) >= 11 is 0. The van der Waals surface area contributed by atoms with Crippen LogP contribution in [-0.2, 0) is 0 Å². The average molecular weight is 296 g/mol. The minimum atomic E-state index is 0.645. The molecule has 0 bridgehead atoms. The second-order valence-electron chi connectivity index (χ2n) is 5.27. The zero-order valence-corrected chi connectivity index (χ0v) is 12.3. The van der Waals surface area contributed by atoms with Crippen LogP contribution >= 0.6 is 0 Å². The van der Waals surface area contributed by atoms with Gasteiger partial charge in [-0.05, 0) is 6.92 Å². The fourth-order valence-corrected chi connectivity index (χ4v) is 2.76. The van der Waals surface area contributed by atoms with E-state index in [1.165, 1.54) is 0 Å². The van der Waals surface area contributed by atoms with Crippen molar-refractivity contribution < 1.29 is 0 Å². The zero-order valence-electron chi connectivity index (χ0n) is 12.3. The van der Waals surface area contributed by atoms with Gasteiger partial charge in [-0.3, -0.25) is 4.98 Å². The summed E-state index contributed by atoms with van der Waals surface area (Å²) in [4.78, 5) is 21.6. The van der Waals surface area contributed by atoms with Crippen molar-refractivity contribution in [1.82, 2.24) is 29.5 Å². The topological polar surface area (TPSA) is 75.3 Å². The van der Waals surface area contributed by atoms with E-state index < -0.39 is 0 Å². The Morgan fingerprint density at radius 2 is 1.82 bits per heavy atom. The van der Waals surface area contributed by atoms with Crippen molar-refractivity contribution in [2.75, 3.05) is 36.0 Å². The molecule has 1 aliphatic rings. The van der Waals surface area contributed by atoms with Crippen LogP contribution in [0.25, 0.3) is 5.78 Å². The van der Waals surface area contributed by atoms with Gasteiger partial charge in [0.25, 0.3) is 5.78 Å². The lowest BCUT2D eigenvalue weighted by atomic mass is 10.3. The molecular formula is C14H16N8. The van der Waals surface area contributed by atoms with Crippen LogP contribution in [0.4, 0.5) is 11.6 Å². The van der Waals surface area contributed by atoms with E-state index in [4.69, 9.17) is 0 Å². The van der Waals surface area contributed by atoms with Crippen molar-refractivity contribution >= 4 is 17.4 Å². The summed E-state index contributed by atoms with van der Waals surface area (Å²) in [6.45, 7) is 5.57. The van der Waals surface area contributed by atoms with Crippen molar-refractivity contribution in [3.63, 3.8) is 0 Å². The summed E-state index contributed by atoms with van der Waals surface area (Å²) < 4.78 is 1.80. The lowest BCUT2D eigenvalue weighted by Crippen LogP contribution is -2.47. The highest BCUT2D eigenvalue weighted by molar-refractivity contribution is 5.49. The molecule has 0 atom stereocenters.